The van der Waals surface area contributed by atoms with Gasteiger partial charge in [0.15, 0.2) is 0 Å². The van der Waals surface area contributed by atoms with Crippen LogP contribution < -0.4 is 4.74 Å². The lowest BCUT2D eigenvalue weighted by Gasteiger charge is -2.28. The fourth-order valence-electron chi connectivity index (χ4n) is 3.35. The monoisotopic (exact) mass is 334 g/mol. The Kier molecular flexibility index (Phi) is 4.24. The van der Waals surface area contributed by atoms with Crippen molar-refractivity contribution in [3.05, 3.63) is 65.9 Å². The van der Waals surface area contributed by atoms with Crippen molar-refractivity contribution < 1.29 is 4.74 Å². The molecule has 2 aromatic heterocycles. The molecule has 0 aliphatic carbocycles. The van der Waals surface area contributed by atoms with Crippen LogP contribution in [0, 0.1) is 6.92 Å². The van der Waals surface area contributed by atoms with E-state index in [-0.39, 0.29) is 0 Å². The smallest absolute Gasteiger partial charge is 0.123 e. The van der Waals surface area contributed by atoms with E-state index in [2.05, 4.69) is 43.7 Å². The molecule has 5 heteroatoms. The van der Waals surface area contributed by atoms with Crippen molar-refractivity contribution in [1.29, 1.82) is 0 Å². The van der Waals surface area contributed by atoms with Gasteiger partial charge in [-0.05, 0) is 43.3 Å². The van der Waals surface area contributed by atoms with Crippen LogP contribution in [0.3, 0.4) is 0 Å². The van der Waals surface area contributed by atoms with Crippen molar-refractivity contribution >= 4 is 0 Å². The summed E-state index contributed by atoms with van der Waals surface area (Å²) in [5, 5.41) is 0. The summed E-state index contributed by atoms with van der Waals surface area (Å²) in [6.45, 7) is 5.70. The number of nitrogens with zero attached hydrogens (tertiary/aromatic N) is 4. The van der Waals surface area contributed by atoms with Crippen molar-refractivity contribution in [2.24, 2.45) is 0 Å². The lowest BCUT2D eigenvalue weighted by molar-refractivity contribution is 0.207. The van der Waals surface area contributed by atoms with E-state index in [0.29, 0.717) is 0 Å². The van der Waals surface area contributed by atoms with Gasteiger partial charge >= 0.3 is 0 Å². The third-order valence-electron chi connectivity index (χ3n) is 4.66. The second-order valence-corrected chi connectivity index (χ2v) is 6.42. The predicted molar refractivity (Wildman–Crippen MR) is 97.3 cm³/mol. The number of aryl methyl sites for hydroxylation is 1. The molecule has 1 aliphatic heterocycles. The fraction of sp³-hybridized carbons (Fsp3) is 0.300. The minimum absolute atomic E-state index is 0.853. The van der Waals surface area contributed by atoms with Crippen molar-refractivity contribution in [3.8, 4) is 17.0 Å². The minimum atomic E-state index is 0.853. The molecule has 0 saturated carbocycles. The number of fused-ring (bicyclic) bond motifs is 1. The van der Waals surface area contributed by atoms with Crippen LogP contribution in [-0.4, -0.2) is 33.1 Å². The molecule has 0 N–H and O–H groups in total. The normalized spacial score (nSPS) is 14.3. The topological polar surface area (TPSA) is 43.2 Å². The molecule has 3 aromatic rings. The Labute approximate surface area is 147 Å². The molecule has 3 heterocycles. The Bertz CT molecular complexity index is 870. The standard InChI is InChI=1S/C20H22N4O/c1-15-4-3-5-17(22-15)13-23-10-11-24-19(12-21-20(24)14-23)16-6-8-18(25-2)9-7-16/h3-9,12H,10-11,13-14H2,1-2H3. The Morgan fingerprint density at radius 3 is 2.68 bits per heavy atom. The SMILES string of the molecule is COc1ccc(-c2cnc3n2CCN(Cc2cccc(C)n2)C3)cc1. The summed E-state index contributed by atoms with van der Waals surface area (Å²) in [4.78, 5) is 11.7. The highest BCUT2D eigenvalue weighted by Crippen LogP contribution is 2.26. The highest BCUT2D eigenvalue weighted by atomic mass is 16.5. The number of methoxy groups -OCH3 is 1. The van der Waals surface area contributed by atoms with E-state index in [1.165, 1.54) is 11.3 Å². The van der Waals surface area contributed by atoms with Gasteiger partial charge in [0, 0.05) is 30.9 Å². The van der Waals surface area contributed by atoms with Crippen molar-refractivity contribution in [3.63, 3.8) is 0 Å². The number of ether oxygens (including phenoxy) is 1. The number of imidazole rings is 1. The predicted octanol–water partition coefficient (Wildman–Crippen LogP) is 3.28. The molecule has 5 nitrogen and oxygen atoms in total. The molecule has 0 atom stereocenters. The first kappa shape index (κ1) is 15.8. The molecular formula is C20H22N4O. The Morgan fingerprint density at radius 2 is 1.92 bits per heavy atom. The van der Waals surface area contributed by atoms with Gasteiger partial charge in [-0.2, -0.15) is 0 Å². The van der Waals surface area contributed by atoms with Crippen LogP contribution in [0.5, 0.6) is 5.75 Å². The van der Waals surface area contributed by atoms with Crippen molar-refractivity contribution in [2.75, 3.05) is 13.7 Å². The summed E-state index contributed by atoms with van der Waals surface area (Å²) in [6, 6.07) is 14.4. The van der Waals surface area contributed by atoms with E-state index in [1.807, 2.05) is 31.3 Å². The number of hydrogen-bond acceptors (Lipinski definition) is 4. The third kappa shape index (κ3) is 3.28. The van der Waals surface area contributed by atoms with Crippen molar-refractivity contribution in [2.45, 2.75) is 26.6 Å². The van der Waals surface area contributed by atoms with Gasteiger partial charge in [-0.1, -0.05) is 6.07 Å². The Morgan fingerprint density at radius 1 is 1.08 bits per heavy atom. The molecule has 1 aliphatic rings. The lowest BCUT2D eigenvalue weighted by Crippen LogP contribution is -2.33. The van der Waals surface area contributed by atoms with Crippen LogP contribution in [0.4, 0.5) is 0 Å². The van der Waals surface area contributed by atoms with Crippen LogP contribution in [-0.2, 0) is 19.6 Å². The fourth-order valence-corrected chi connectivity index (χ4v) is 3.35. The van der Waals surface area contributed by atoms with Crippen LogP contribution in [0.2, 0.25) is 0 Å². The highest BCUT2D eigenvalue weighted by Gasteiger charge is 2.20. The van der Waals surface area contributed by atoms with Crippen LogP contribution >= 0.6 is 0 Å². The summed E-state index contributed by atoms with van der Waals surface area (Å²) in [6.07, 6.45) is 1.98. The molecule has 128 valence electrons. The summed E-state index contributed by atoms with van der Waals surface area (Å²) >= 11 is 0. The van der Waals surface area contributed by atoms with Gasteiger partial charge in [0.05, 0.1) is 31.2 Å². The van der Waals surface area contributed by atoms with Crippen LogP contribution in [0.15, 0.2) is 48.7 Å². The Balaban J connectivity index is 1.52. The minimum Gasteiger partial charge on any atom is -0.497 e. The molecule has 4 rings (SSSR count). The van der Waals surface area contributed by atoms with E-state index >= 15 is 0 Å². The largest absolute Gasteiger partial charge is 0.497 e. The van der Waals surface area contributed by atoms with E-state index in [1.54, 1.807) is 7.11 Å². The summed E-state index contributed by atoms with van der Waals surface area (Å²) in [5.74, 6) is 1.99. The number of aromatic nitrogens is 3. The summed E-state index contributed by atoms with van der Waals surface area (Å²) < 4.78 is 7.56. The Hall–Kier alpha value is -2.66. The molecule has 1 aromatic carbocycles. The van der Waals surface area contributed by atoms with E-state index in [9.17, 15) is 0 Å². The van der Waals surface area contributed by atoms with Crippen LogP contribution in [0.1, 0.15) is 17.2 Å². The third-order valence-corrected chi connectivity index (χ3v) is 4.66. The highest BCUT2D eigenvalue weighted by molar-refractivity contribution is 5.60. The zero-order valence-electron chi connectivity index (χ0n) is 14.6. The first-order chi connectivity index (χ1) is 12.2. The molecule has 0 saturated heterocycles. The van der Waals surface area contributed by atoms with Gasteiger partial charge < -0.3 is 9.30 Å². The molecule has 0 spiro atoms. The summed E-state index contributed by atoms with van der Waals surface area (Å²) in [5.41, 5.74) is 4.53. The van der Waals surface area contributed by atoms with Gasteiger partial charge in [0.1, 0.15) is 11.6 Å². The maximum Gasteiger partial charge on any atom is 0.123 e. The number of hydrogen-bond donors (Lipinski definition) is 0. The number of pyridine rings is 1. The van der Waals surface area contributed by atoms with Crippen LogP contribution in [0.25, 0.3) is 11.3 Å². The molecule has 0 fully saturated rings. The molecule has 0 unspecified atom stereocenters. The van der Waals surface area contributed by atoms with E-state index in [0.717, 1.165) is 49.1 Å². The maximum absolute atomic E-state index is 5.24. The first-order valence-corrected chi connectivity index (χ1v) is 8.56. The average Bonchev–Trinajstić information content (AvgIpc) is 3.05. The average molecular weight is 334 g/mol. The second kappa shape index (κ2) is 6.69. The zero-order chi connectivity index (χ0) is 17.2. The van der Waals surface area contributed by atoms with Gasteiger partial charge in [-0.15, -0.1) is 0 Å². The van der Waals surface area contributed by atoms with Gasteiger partial charge in [-0.3, -0.25) is 9.88 Å². The van der Waals surface area contributed by atoms with Crippen molar-refractivity contribution in [1.82, 2.24) is 19.4 Å². The molecule has 25 heavy (non-hydrogen) atoms. The quantitative estimate of drug-likeness (QED) is 0.734. The molecule has 0 bridgehead atoms. The molecule has 0 radical (unpaired) electrons. The summed E-state index contributed by atoms with van der Waals surface area (Å²) in [7, 11) is 1.69. The first-order valence-electron chi connectivity index (χ1n) is 8.56. The molecule has 0 amide bonds. The molecular weight excluding hydrogens is 312 g/mol. The van der Waals surface area contributed by atoms with Gasteiger partial charge in [0.25, 0.3) is 0 Å². The second-order valence-electron chi connectivity index (χ2n) is 6.42. The van der Waals surface area contributed by atoms with Gasteiger partial charge in [0.2, 0.25) is 0 Å². The zero-order valence-corrected chi connectivity index (χ0v) is 14.6. The van der Waals surface area contributed by atoms with E-state index in [4.69, 9.17) is 4.74 Å². The number of benzene rings is 1. The lowest BCUT2D eigenvalue weighted by atomic mass is 10.1. The van der Waals surface area contributed by atoms with E-state index < -0.39 is 0 Å². The number of rotatable bonds is 4. The van der Waals surface area contributed by atoms with Gasteiger partial charge in [-0.25, -0.2) is 4.98 Å². The maximum atomic E-state index is 5.24.